The first-order chi connectivity index (χ1) is 7.18. The molecule has 0 radical (unpaired) electrons. The molecule has 76 valence electrons. The van der Waals surface area contributed by atoms with Crippen LogP contribution in [0.25, 0.3) is 11.3 Å². The van der Waals surface area contributed by atoms with Crippen LogP contribution in [0.3, 0.4) is 0 Å². The Labute approximate surface area is 102 Å². The van der Waals surface area contributed by atoms with Gasteiger partial charge < -0.3 is 0 Å². The third kappa shape index (κ3) is 2.21. The van der Waals surface area contributed by atoms with Crippen molar-refractivity contribution in [3.05, 3.63) is 51.6 Å². The molecule has 15 heavy (non-hydrogen) atoms. The van der Waals surface area contributed by atoms with E-state index in [0.717, 1.165) is 21.3 Å². The van der Waals surface area contributed by atoms with E-state index >= 15 is 0 Å². The van der Waals surface area contributed by atoms with E-state index in [0.29, 0.717) is 5.02 Å². The molecule has 0 unspecified atom stereocenters. The Balaban J connectivity index is 2.55. The van der Waals surface area contributed by atoms with Gasteiger partial charge >= 0.3 is 0 Å². The highest BCUT2D eigenvalue weighted by atomic mass is 79.9. The normalized spacial score (nSPS) is 10.3. The summed E-state index contributed by atoms with van der Waals surface area (Å²) in [5.74, 6) is 0. The molecule has 3 heteroatoms. The summed E-state index contributed by atoms with van der Waals surface area (Å²) in [6.07, 6.45) is 1.79. The molecular formula is C12H9BrClN. The van der Waals surface area contributed by atoms with Crippen molar-refractivity contribution in [2.45, 2.75) is 6.92 Å². The van der Waals surface area contributed by atoms with Gasteiger partial charge in [0.25, 0.3) is 0 Å². The smallest absolute Gasteiger partial charge is 0.0731 e. The lowest BCUT2D eigenvalue weighted by Crippen LogP contribution is -1.87. The lowest BCUT2D eigenvalue weighted by molar-refractivity contribution is 1.27. The van der Waals surface area contributed by atoms with Crippen molar-refractivity contribution >= 4 is 27.5 Å². The second-order valence-corrected chi connectivity index (χ2v) is 4.56. The van der Waals surface area contributed by atoms with Gasteiger partial charge in [0.15, 0.2) is 0 Å². The largest absolute Gasteiger partial charge is 0.256 e. The van der Waals surface area contributed by atoms with Crippen LogP contribution >= 0.6 is 27.5 Å². The highest BCUT2D eigenvalue weighted by molar-refractivity contribution is 9.10. The van der Waals surface area contributed by atoms with Gasteiger partial charge in [0.2, 0.25) is 0 Å². The topological polar surface area (TPSA) is 12.9 Å². The van der Waals surface area contributed by atoms with Gasteiger partial charge in [-0.25, -0.2) is 0 Å². The molecule has 1 aromatic carbocycles. The van der Waals surface area contributed by atoms with E-state index in [9.17, 15) is 0 Å². The maximum atomic E-state index is 6.04. The summed E-state index contributed by atoms with van der Waals surface area (Å²) in [6, 6.07) is 9.83. The quantitative estimate of drug-likeness (QED) is 0.752. The number of nitrogens with zero attached hydrogens (tertiary/aromatic N) is 1. The summed E-state index contributed by atoms with van der Waals surface area (Å²) in [4.78, 5) is 4.35. The Morgan fingerprint density at radius 3 is 2.73 bits per heavy atom. The Bertz CT molecular complexity index is 497. The van der Waals surface area contributed by atoms with Gasteiger partial charge in [0.1, 0.15) is 0 Å². The molecule has 2 aromatic rings. The predicted molar refractivity (Wildman–Crippen MR) is 67.1 cm³/mol. The maximum absolute atomic E-state index is 6.04. The molecule has 0 aliphatic carbocycles. The van der Waals surface area contributed by atoms with Gasteiger partial charge in [-0.1, -0.05) is 23.7 Å². The monoisotopic (exact) mass is 281 g/mol. The van der Waals surface area contributed by atoms with Crippen LogP contribution in [0.5, 0.6) is 0 Å². The van der Waals surface area contributed by atoms with E-state index in [-0.39, 0.29) is 0 Å². The minimum atomic E-state index is 0.706. The molecule has 0 saturated heterocycles. The van der Waals surface area contributed by atoms with Gasteiger partial charge in [0, 0.05) is 16.2 Å². The summed E-state index contributed by atoms with van der Waals surface area (Å²) in [5, 5.41) is 0.706. The van der Waals surface area contributed by atoms with Gasteiger partial charge in [-0.05, 0) is 46.6 Å². The molecule has 0 bridgehead atoms. The molecule has 0 atom stereocenters. The van der Waals surface area contributed by atoms with Crippen molar-refractivity contribution in [2.24, 2.45) is 0 Å². The molecule has 0 aliphatic rings. The molecule has 0 aliphatic heterocycles. The van der Waals surface area contributed by atoms with E-state index in [1.54, 1.807) is 6.20 Å². The average molecular weight is 283 g/mol. The Hall–Kier alpha value is -0.860. The zero-order valence-corrected chi connectivity index (χ0v) is 10.5. The number of aromatic nitrogens is 1. The zero-order valence-electron chi connectivity index (χ0n) is 8.17. The summed E-state index contributed by atoms with van der Waals surface area (Å²) in [6.45, 7) is 2.04. The lowest BCUT2D eigenvalue weighted by atomic mass is 10.1. The van der Waals surface area contributed by atoms with Crippen LogP contribution < -0.4 is 0 Å². The van der Waals surface area contributed by atoms with Gasteiger partial charge in [-0.3, -0.25) is 4.98 Å². The minimum Gasteiger partial charge on any atom is -0.256 e. The number of halogens is 2. The second-order valence-electron chi connectivity index (χ2n) is 3.30. The first kappa shape index (κ1) is 10.7. The predicted octanol–water partition coefficient (Wildman–Crippen LogP) is 4.47. The van der Waals surface area contributed by atoms with Gasteiger partial charge in [-0.15, -0.1) is 0 Å². The number of pyridine rings is 1. The fourth-order valence-corrected chi connectivity index (χ4v) is 1.86. The van der Waals surface area contributed by atoms with E-state index in [1.807, 2.05) is 37.3 Å². The number of benzene rings is 1. The van der Waals surface area contributed by atoms with Crippen molar-refractivity contribution in [2.75, 3.05) is 0 Å². The molecule has 0 saturated carbocycles. The first-order valence-corrected chi connectivity index (χ1v) is 5.72. The number of hydrogen-bond acceptors (Lipinski definition) is 1. The van der Waals surface area contributed by atoms with Crippen LogP contribution in [0.1, 0.15) is 5.56 Å². The van der Waals surface area contributed by atoms with Crippen molar-refractivity contribution in [1.29, 1.82) is 0 Å². The fraction of sp³-hybridized carbons (Fsp3) is 0.0833. The third-order valence-electron chi connectivity index (χ3n) is 2.20. The zero-order chi connectivity index (χ0) is 10.8. The second kappa shape index (κ2) is 4.33. The number of aryl methyl sites for hydroxylation is 1. The van der Waals surface area contributed by atoms with Crippen LogP contribution in [0, 0.1) is 6.92 Å². The lowest BCUT2D eigenvalue weighted by Gasteiger charge is -2.05. The molecule has 0 amide bonds. The molecule has 0 N–H and O–H groups in total. The molecule has 0 spiro atoms. The SMILES string of the molecule is Cc1cccnc1-c1ccc(Br)c(Cl)c1. The van der Waals surface area contributed by atoms with E-state index in [2.05, 4.69) is 20.9 Å². The molecule has 0 fully saturated rings. The first-order valence-electron chi connectivity index (χ1n) is 4.55. The number of hydrogen-bond donors (Lipinski definition) is 0. The standard InChI is InChI=1S/C12H9BrClN/c1-8-3-2-6-15-12(8)9-4-5-10(13)11(14)7-9/h2-7H,1H3. The Kier molecular flexibility index (Phi) is 3.08. The van der Waals surface area contributed by atoms with Crippen LogP contribution in [0.4, 0.5) is 0 Å². The molecule has 1 aromatic heterocycles. The highest BCUT2D eigenvalue weighted by Crippen LogP contribution is 2.28. The van der Waals surface area contributed by atoms with Gasteiger partial charge in [-0.2, -0.15) is 0 Å². The summed E-state index contributed by atoms with van der Waals surface area (Å²) >= 11 is 9.41. The molecular weight excluding hydrogens is 273 g/mol. The highest BCUT2D eigenvalue weighted by Gasteiger charge is 2.04. The van der Waals surface area contributed by atoms with Crippen molar-refractivity contribution in [1.82, 2.24) is 4.98 Å². The van der Waals surface area contributed by atoms with E-state index in [1.165, 1.54) is 0 Å². The Morgan fingerprint density at radius 2 is 2.07 bits per heavy atom. The van der Waals surface area contributed by atoms with E-state index < -0.39 is 0 Å². The summed E-state index contributed by atoms with van der Waals surface area (Å²) in [5.41, 5.74) is 3.17. The van der Waals surface area contributed by atoms with Crippen molar-refractivity contribution in [3.63, 3.8) is 0 Å². The maximum Gasteiger partial charge on any atom is 0.0731 e. The van der Waals surface area contributed by atoms with Crippen molar-refractivity contribution < 1.29 is 0 Å². The third-order valence-corrected chi connectivity index (χ3v) is 3.43. The average Bonchev–Trinajstić information content (AvgIpc) is 2.23. The van der Waals surface area contributed by atoms with Gasteiger partial charge in [0.05, 0.1) is 10.7 Å². The fourth-order valence-electron chi connectivity index (χ4n) is 1.43. The summed E-state index contributed by atoms with van der Waals surface area (Å²) in [7, 11) is 0. The minimum absolute atomic E-state index is 0.706. The molecule has 1 heterocycles. The van der Waals surface area contributed by atoms with Crippen LogP contribution in [0.15, 0.2) is 41.0 Å². The van der Waals surface area contributed by atoms with Crippen LogP contribution in [0.2, 0.25) is 5.02 Å². The molecule has 2 rings (SSSR count). The number of rotatable bonds is 1. The Morgan fingerprint density at radius 1 is 1.27 bits per heavy atom. The van der Waals surface area contributed by atoms with E-state index in [4.69, 9.17) is 11.6 Å². The van der Waals surface area contributed by atoms with Crippen LogP contribution in [-0.2, 0) is 0 Å². The van der Waals surface area contributed by atoms with Crippen molar-refractivity contribution in [3.8, 4) is 11.3 Å². The summed E-state index contributed by atoms with van der Waals surface area (Å²) < 4.78 is 0.904. The molecule has 1 nitrogen and oxygen atoms in total. The van der Waals surface area contributed by atoms with Crippen LogP contribution in [-0.4, -0.2) is 4.98 Å².